The minimum absolute atomic E-state index is 0.0456. The molecule has 0 N–H and O–H groups in total. The van der Waals surface area contributed by atoms with Crippen LogP contribution < -0.4 is 0 Å². The Hall–Kier alpha value is -1.80. The van der Waals surface area contributed by atoms with Crippen molar-refractivity contribution >= 4 is 0 Å². The molecule has 0 heterocycles. The van der Waals surface area contributed by atoms with Crippen LogP contribution in [0.15, 0.2) is 67.5 Å². The fourth-order valence-corrected chi connectivity index (χ4v) is 1.46. The third kappa shape index (κ3) is 6.06. The van der Waals surface area contributed by atoms with E-state index in [0.29, 0.717) is 6.61 Å². The molecule has 0 spiro atoms. The number of benzene rings is 1. The van der Waals surface area contributed by atoms with Crippen molar-refractivity contribution in [2.45, 2.75) is 19.1 Å². The second kappa shape index (κ2) is 9.25. The number of hydrogen-bond donors (Lipinski definition) is 0. The van der Waals surface area contributed by atoms with Gasteiger partial charge in [-0.1, -0.05) is 48.6 Å². The Morgan fingerprint density at radius 3 is 2.67 bits per heavy atom. The summed E-state index contributed by atoms with van der Waals surface area (Å²) in [5, 5.41) is 0. The predicted molar refractivity (Wildman–Crippen MR) is 75.1 cm³/mol. The summed E-state index contributed by atoms with van der Waals surface area (Å²) in [4.78, 5) is 0. The first kappa shape index (κ1) is 14.3. The molecule has 18 heavy (non-hydrogen) atoms. The van der Waals surface area contributed by atoms with Crippen LogP contribution in [0.1, 0.15) is 12.0 Å². The molecule has 0 saturated carbocycles. The Morgan fingerprint density at radius 1 is 1.22 bits per heavy atom. The molecule has 0 bridgehead atoms. The largest absolute Gasteiger partial charge is 0.504 e. The maximum atomic E-state index is 5.82. The molecular formula is C16H20O2. The van der Waals surface area contributed by atoms with Crippen LogP contribution in [-0.2, 0) is 16.1 Å². The lowest BCUT2D eigenvalue weighted by atomic mass is 10.2. The lowest BCUT2D eigenvalue weighted by molar-refractivity contribution is 0.0740. The van der Waals surface area contributed by atoms with E-state index in [1.54, 1.807) is 13.4 Å². The average Bonchev–Trinajstić information content (AvgIpc) is 2.42. The van der Waals surface area contributed by atoms with E-state index in [2.05, 4.69) is 18.7 Å². The van der Waals surface area contributed by atoms with E-state index in [1.165, 1.54) is 5.56 Å². The molecule has 0 radical (unpaired) electrons. The highest BCUT2D eigenvalue weighted by atomic mass is 16.5. The molecule has 0 fully saturated rings. The third-order valence-corrected chi connectivity index (χ3v) is 2.36. The molecule has 0 amide bonds. The van der Waals surface area contributed by atoms with Crippen LogP contribution in [0.5, 0.6) is 0 Å². The first-order valence-corrected chi connectivity index (χ1v) is 5.99. The van der Waals surface area contributed by atoms with Crippen molar-refractivity contribution in [1.82, 2.24) is 0 Å². The van der Waals surface area contributed by atoms with Crippen LogP contribution in [0.3, 0.4) is 0 Å². The average molecular weight is 244 g/mol. The number of hydrogen-bond acceptors (Lipinski definition) is 2. The Bertz CT molecular complexity index is 379. The number of ether oxygens (including phenoxy) is 2. The highest BCUT2D eigenvalue weighted by molar-refractivity contribution is 5.13. The molecule has 2 heteroatoms. The molecule has 0 aliphatic heterocycles. The van der Waals surface area contributed by atoms with Crippen molar-refractivity contribution in [2.24, 2.45) is 0 Å². The summed E-state index contributed by atoms with van der Waals surface area (Å²) in [5.74, 6) is 0. The molecule has 1 aromatic rings. The van der Waals surface area contributed by atoms with Crippen molar-refractivity contribution in [1.29, 1.82) is 0 Å². The Morgan fingerprint density at radius 2 is 2.00 bits per heavy atom. The van der Waals surface area contributed by atoms with E-state index in [-0.39, 0.29) is 6.10 Å². The molecule has 1 aromatic carbocycles. The highest BCUT2D eigenvalue weighted by Gasteiger charge is 2.02. The molecule has 0 aliphatic rings. The standard InChI is InChI=1S/C16H20O2/c1-3-9-16(12-7-8-13-17-2)18-14-15-10-5-4-6-11-15/h3-8,10-13,16H,1,9,14H2,2H3. The number of methoxy groups -OCH3 is 1. The zero-order valence-corrected chi connectivity index (χ0v) is 10.8. The van der Waals surface area contributed by atoms with Gasteiger partial charge in [0.25, 0.3) is 0 Å². The smallest absolute Gasteiger partial charge is 0.0824 e. The molecular weight excluding hydrogens is 224 g/mol. The van der Waals surface area contributed by atoms with E-state index >= 15 is 0 Å². The molecule has 1 atom stereocenters. The van der Waals surface area contributed by atoms with E-state index in [4.69, 9.17) is 9.47 Å². The zero-order valence-electron chi connectivity index (χ0n) is 10.8. The van der Waals surface area contributed by atoms with Crippen LogP contribution in [0.4, 0.5) is 0 Å². The van der Waals surface area contributed by atoms with Gasteiger partial charge >= 0.3 is 0 Å². The Kier molecular flexibility index (Phi) is 7.33. The first-order valence-electron chi connectivity index (χ1n) is 5.99. The molecule has 0 saturated heterocycles. The van der Waals surface area contributed by atoms with Gasteiger partial charge < -0.3 is 9.47 Å². The molecule has 1 unspecified atom stereocenters. The quantitative estimate of drug-likeness (QED) is 0.393. The van der Waals surface area contributed by atoms with Gasteiger partial charge in [0.05, 0.1) is 26.1 Å². The van der Waals surface area contributed by atoms with Gasteiger partial charge in [0.2, 0.25) is 0 Å². The van der Waals surface area contributed by atoms with Gasteiger partial charge in [0.15, 0.2) is 0 Å². The van der Waals surface area contributed by atoms with Gasteiger partial charge in [-0.15, -0.1) is 6.58 Å². The van der Waals surface area contributed by atoms with Gasteiger partial charge in [0, 0.05) is 0 Å². The fourth-order valence-electron chi connectivity index (χ4n) is 1.46. The summed E-state index contributed by atoms with van der Waals surface area (Å²) in [6.07, 6.45) is 10.1. The summed E-state index contributed by atoms with van der Waals surface area (Å²) in [6, 6.07) is 10.1. The summed E-state index contributed by atoms with van der Waals surface area (Å²) in [6.45, 7) is 4.35. The van der Waals surface area contributed by atoms with E-state index in [0.717, 1.165) is 6.42 Å². The third-order valence-electron chi connectivity index (χ3n) is 2.36. The molecule has 1 rings (SSSR count). The van der Waals surface area contributed by atoms with Crippen LogP contribution in [0, 0.1) is 0 Å². The SMILES string of the molecule is C=CCC(C=CC=COC)OCc1ccccc1. The monoisotopic (exact) mass is 244 g/mol. The van der Waals surface area contributed by atoms with E-state index in [9.17, 15) is 0 Å². The number of allylic oxidation sites excluding steroid dienone is 2. The molecule has 0 aliphatic carbocycles. The zero-order chi connectivity index (χ0) is 13.1. The van der Waals surface area contributed by atoms with Gasteiger partial charge in [-0.2, -0.15) is 0 Å². The second-order valence-corrected chi connectivity index (χ2v) is 3.81. The molecule has 0 aromatic heterocycles. The summed E-state index contributed by atoms with van der Waals surface area (Å²) in [5.41, 5.74) is 1.17. The molecule has 2 nitrogen and oxygen atoms in total. The fraction of sp³-hybridized carbons (Fsp3) is 0.250. The van der Waals surface area contributed by atoms with E-state index < -0.39 is 0 Å². The topological polar surface area (TPSA) is 18.5 Å². The van der Waals surface area contributed by atoms with Crippen molar-refractivity contribution in [3.8, 4) is 0 Å². The van der Waals surface area contributed by atoms with Crippen LogP contribution >= 0.6 is 0 Å². The van der Waals surface area contributed by atoms with Gasteiger partial charge in [-0.05, 0) is 18.1 Å². The normalized spacial score (nSPS) is 12.9. The van der Waals surface area contributed by atoms with Gasteiger partial charge in [-0.3, -0.25) is 0 Å². The van der Waals surface area contributed by atoms with Gasteiger partial charge in [0.1, 0.15) is 0 Å². The summed E-state index contributed by atoms with van der Waals surface area (Å²) in [7, 11) is 1.62. The summed E-state index contributed by atoms with van der Waals surface area (Å²) >= 11 is 0. The summed E-state index contributed by atoms with van der Waals surface area (Å²) < 4.78 is 10.6. The minimum atomic E-state index is 0.0456. The second-order valence-electron chi connectivity index (χ2n) is 3.81. The van der Waals surface area contributed by atoms with Crippen molar-refractivity contribution in [3.05, 3.63) is 73.0 Å². The molecule has 96 valence electrons. The lowest BCUT2D eigenvalue weighted by Crippen LogP contribution is -2.08. The van der Waals surface area contributed by atoms with Crippen molar-refractivity contribution in [2.75, 3.05) is 7.11 Å². The van der Waals surface area contributed by atoms with E-state index in [1.807, 2.05) is 42.5 Å². The van der Waals surface area contributed by atoms with Crippen LogP contribution in [0.2, 0.25) is 0 Å². The van der Waals surface area contributed by atoms with Crippen molar-refractivity contribution in [3.63, 3.8) is 0 Å². The van der Waals surface area contributed by atoms with Crippen LogP contribution in [-0.4, -0.2) is 13.2 Å². The maximum Gasteiger partial charge on any atom is 0.0824 e. The highest BCUT2D eigenvalue weighted by Crippen LogP contribution is 2.07. The number of rotatable bonds is 8. The first-order chi connectivity index (χ1) is 8.86. The Labute approximate surface area is 109 Å². The van der Waals surface area contributed by atoms with Gasteiger partial charge in [-0.25, -0.2) is 0 Å². The van der Waals surface area contributed by atoms with Crippen molar-refractivity contribution < 1.29 is 9.47 Å². The van der Waals surface area contributed by atoms with Crippen LogP contribution in [0.25, 0.3) is 0 Å². The predicted octanol–water partition coefficient (Wildman–Crippen LogP) is 3.86. The maximum absolute atomic E-state index is 5.82. The minimum Gasteiger partial charge on any atom is -0.504 e. The Balaban J connectivity index is 2.45. The lowest BCUT2D eigenvalue weighted by Gasteiger charge is -2.12.